The molecule has 0 aromatic heterocycles. The molecular weight excluding hydrogens is 122 g/mol. The Morgan fingerprint density at radius 1 is 1.10 bits per heavy atom. The lowest BCUT2D eigenvalue weighted by Gasteiger charge is -2.08. The first kappa shape index (κ1) is 8.06. The van der Waals surface area contributed by atoms with Crippen molar-refractivity contribution in [3.05, 3.63) is 0 Å². The van der Waals surface area contributed by atoms with Gasteiger partial charge in [-0.25, -0.2) is 0 Å². The van der Waals surface area contributed by atoms with Gasteiger partial charge in [0.2, 0.25) is 0 Å². The molecule has 1 nitrogen and oxygen atoms in total. The van der Waals surface area contributed by atoms with Crippen LogP contribution in [0.4, 0.5) is 0 Å². The van der Waals surface area contributed by atoms with Crippen LogP contribution in [0.25, 0.3) is 0 Å². The van der Waals surface area contributed by atoms with E-state index in [0.717, 1.165) is 5.92 Å². The van der Waals surface area contributed by atoms with E-state index in [1.54, 1.807) is 0 Å². The maximum absolute atomic E-state index is 3.48. The summed E-state index contributed by atoms with van der Waals surface area (Å²) in [5, 5.41) is 3.48. The third-order valence-corrected chi connectivity index (χ3v) is 2.29. The van der Waals surface area contributed by atoms with Crippen molar-refractivity contribution >= 4 is 0 Å². The van der Waals surface area contributed by atoms with Gasteiger partial charge in [0, 0.05) is 0 Å². The normalized spacial score (nSPS) is 30.3. The predicted octanol–water partition coefficient (Wildman–Crippen LogP) is 2.18. The molecule has 0 aromatic rings. The molecule has 1 N–H and O–H groups in total. The second kappa shape index (κ2) is 4.73. The third-order valence-electron chi connectivity index (χ3n) is 2.29. The molecule has 0 bridgehead atoms. The molecule has 1 aliphatic rings. The zero-order valence-electron chi connectivity index (χ0n) is 7.03. The molecule has 1 heteroatoms. The van der Waals surface area contributed by atoms with Crippen LogP contribution >= 0.6 is 0 Å². The van der Waals surface area contributed by atoms with Crippen molar-refractivity contribution in [2.24, 2.45) is 5.92 Å². The van der Waals surface area contributed by atoms with Crippen molar-refractivity contribution in [1.82, 2.24) is 5.32 Å². The molecule has 0 saturated carbocycles. The number of nitrogens with one attached hydrogen (secondary N) is 1. The molecule has 0 amide bonds. The van der Waals surface area contributed by atoms with Crippen LogP contribution in [0.5, 0.6) is 0 Å². The Bertz CT molecular complexity index is 70.8. The maximum atomic E-state index is 3.48. The third kappa shape index (κ3) is 3.21. The fraction of sp³-hybridized carbons (Fsp3) is 1.00. The number of rotatable bonds is 0. The minimum absolute atomic E-state index is 0.901. The summed E-state index contributed by atoms with van der Waals surface area (Å²) < 4.78 is 0. The number of hydrogen-bond acceptors (Lipinski definition) is 1. The van der Waals surface area contributed by atoms with Gasteiger partial charge in [0.25, 0.3) is 0 Å². The average Bonchev–Trinajstić information content (AvgIpc) is 2.02. The molecule has 0 spiro atoms. The molecule has 10 heavy (non-hydrogen) atoms. The fourth-order valence-electron chi connectivity index (χ4n) is 1.55. The summed E-state index contributed by atoms with van der Waals surface area (Å²) in [6, 6.07) is 0. The van der Waals surface area contributed by atoms with Gasteiger partial charge in [-0.15, -0.1) is 0 Å². The molecule has 0 radical (unpaired) electrons. The smallest absolute Gasteiger partial charge is 0.00232 e. The van der Waals surface area contributed by atoms with Crippen molar-refractivity contribution in [1.29, 1.82) is 0 Å². The van der Waals surface area contributed by atoms with Crippen LogP contribution in [0.2, 0.25) is 0 Å². The van der Waals surface area contributed by atoms with Crippen LogP contribution in [0.3, 0.4) is 0 Å². The Balaban J connectivity index is 2.15. The van der Waals surface area contributed by atoms with Crippen LogP contribution in [-0.4, -0.2) is 13.1 Å². The molecule has 1 saturated heterocycles. The van der Waals surface area contributed by atoms with E-state index in [4.69, 9.17) is 0 Å². The van der Waals surface area contributed by atoms with Crippen LogP contribution in [0.15, 0.2) is 0 Å². The van der Waals surface area contributed by atoms with E-state index in [1.165, 1.54) is 45.2 Å². The van der Waals surface area contributed by atoms with E-state index in [2.05, 4.69) is 12.2 Å². The van der Waals surface area contributed by atoms with Gasteiger partial charge in [0.05, 0.1) is 0 Å². The highest BCUT2D eigenvalue weighted by Crippen LogP contribution is 2.11. The van der Waals surface area contributed by atoms with Crippen LogP contribution in [0.1, 0.15) is 39.0 Å². The van der Waals surface area contributed by atoms with E-state index in [9.17, 15) is 0 Å². The SMILES string of the molecule is CC1CCCCCCNC1. The Labute approximate surface area is 64.2 Å². The Morgan fingerprint density at radius 2 is 1.90 bits per heavy atom. The van der Waals surface area contributed by atoms with Crippen molar-refractivity contribution in [2.45, 2.75) is 39.0 Å². The van der Waals surface area contributed by atoms with Crippen molar-refractivity contribution in [2.75, 3.05) is 13.1 Å². The van der Waals surface area contributed by atoms with Crippen LogP contribution in [0, 0.1) is 5.92 Å². The monoisotopic (exact) mass is 141 g/mol. The molecule has 1 heterocycles. The quantitative estimate of drug-likeness (QED) is 0.545. The summed E-state index contributed by atoms with van der Waals surface area (Å²) in [6.45, 7) is 4.82. The lowest BCUT2D eigenvalue weighted by Crippen LogP contribution is -2.21. The predicted molar refractivity (Wildman–Crippen MR) is 45.1 cm³/mol. The lowest BCUT2D eigenvalue weighted by atomic mass is 10.0. The highest BCUT2D eigenvalue weighted by Gasteiger charge is 2.03. The van der Waals surface area contributed by atoms with E-state index >= 15 is 0 Å². The van der Waals surface area contributed by atoms with E-state index in [1.807, 2.05) is 0 Å². The average molecular weight is 141 g/mol. The first-order valence-corrected chi connectivity index (χ1v) is 4.60. The van der Waals surface area contributed by atoms with Gasteiger partial charge in [0.15, 0.2) is 0 Å². The minimum atomic E-state index is 0.901. The van der Waals surface area contributed by atoms with Crippen LogP contribution in [-0.2, 0) is 0 Å². The first-order valence-electron chi connectivity index (χ1n) is 4.60. The highest BCUT2D eigenvalue weighted by atomic mass is 14.8. The maximum Gasteiger partial charge on any atom is -0.00232 e. The second-order valence-corrected chi connectivity index (χ2v) is 3.51. The molecular formula is C9H19N. The Hall–Kier alpha value is -0.0400. The van der Waals surface area contributed by atoms with Crippen molar-refractivity contribution < 1.29 is 0 Å². The standard InChI is InChI=1S/C9H19N/c1-9-6-4-2-3-5-7-10-8-9/h9-10H,2-8H2,1H3. The van der Waals surface area contributed by atoms with Gasteiger partial charge < -0.3 is 5.32 Å². The van der Waals surface area contributed by atoms with Crippen molar-refractivity contribution in [3.63, 3.8) is 0 Å². The van der Waals surface area contributed by atoms with Crippen LogP contribution < -0.4 is 5.32 Å². The molecule has 1 unspecified atom stereocenters. The zero-order valence-corrected chi connectivity index (χ0v) is 7.03. The second-order valence-electron chi connectivity index (χ2n) is 3.51. The summed E-state index contributed by atoms with van der Waals surface area (Å²) in [7, 11) is 0. The molecule has 60 valence electrons. The van der Waals surface area contributed by atoms with Gasteiger partial charge in [-0.1, -0.05) is 26.2 Å². The number of hydrogen-bond donors (Lipinski definition) is 1. The van der Waals surface area contributed by atoms with Crippen molar-refractivity contribution in [3.8, 4) is 0 Å². The highest BCUT2D eigenvalue weighted by molar-refractivity contribution is 4.60. The summed E-state index contributed by atoms with van der Waals surface area (Å²) in [5.41, 5.74) is 0. The van der Waals surface area contributed by atoms with E-state index in [0.29, 0.717) is 0 Å². The van der Waals surface area contributed by atoms with E-state index < -0.39 is 0 Å². The minimum Gasteiger partial charge on any atom is -0.316 e. The molecule has 0 aromatic carbocycles. The molecule has 1 aliphatic heterocycles. The Morgan fingerprint density at radius 3 is 2.80 bits per heavy atom. The Kier molecular flexibility index (Phi) is 3.81. The van der Waals surface area contributed by atoms with Gasteiger partial charge in [-0.3, -0.25) is 0 Å². The van der Waals surface area contributed by atoms with Gasteiger partial charge in [-0.05, 0) is 31.8 Å². The molecule has 1 fully saturated rings. The van der Waals surface area contributed by atoms with Gasteiger partial charge in [-0.2, -0.15) is 0 Å². The molecule has 0 aliphatic carbocycles. The zero-order chi connectivity index (χ0) is 7.23. The van der Waals surface area contributed by atoms with Gasteiger partial charge in [0.1, 0.15) is 0 Å². The lowest BCUT2D eigenvalue weighted by molar-refractivity contribution is 0.482. The summed E-state index contributed by atoms with van der Waals surface area (Å²) >= 11 is 0. The molecule has 1 atom stereocenters. The molecule has 1 rings (SSSR count). The topological polar surface area (TPSA) is 12.0 Å². The summed E-state index contributed by atoms with van der Waals surface area (Å²) in [6.07, 6.45) is 7.13. The fourth-order valence-corrected chi connectivity index (χ4v) is 1.55. The largest absolute Gasteiger partial charge is 0.316 e. The van der Waals surface area contributed by atoms with E-state index in [-0.39, 0.29) is 0 Å². The van der Waals surface area contributed by atoms with Gasteiger partial charge >= 0.3 is 0 Å². The first-order chi connectivity index (χ1) is 4.89. The summed E-state index contributed by atoms with van der Waals surface area (Å²) in [5.74, 6) is 0.901. The summed E-state index contributed by atoms with van der Waals surface area (Å²) in [4.78, 5) is 0.